The van der Waals surface area contributed by atoms with E-state index in [9.17, 15) is 19.5 Å². The largest absolute Gasteiger partial charge is 0.508 e. The number of benzene rings is 3. The van der Waals surface area contributed by atoms with E-state index in [2.05, 4.69) is 16.0 Å². The molecule has 194 valence electrons. The quantitative estimate of drug-likeness (QED) is 0.300. The average Bonchev–Trinajstić information content (AvgIpc) is 3.69. The molecule has 4 N–H and O–H groups in total. The Morgan fingerprint density at radius 2 is 1.54 bits per heavy atom. The smallest absolute Gasteiger partial charge is 0.253 e. The summed E-state index contributed by atoms with van der Waals surface area (Å²) in [7, 11) is 0. The third kappa shape index (κ3) is 7.30. The maximum Gasteiger partial charge on any atom is 0.253 e. The zero-order valence-corrected chi connectivity index (χ0v) is 21.1. The second-order valence-corrected chi connectivity index (χ2v) is 9.77. The molecule has 1 aliphatic heterocycles. The number of hydrogen-bond acceptors (Lipinski definition) is 5. The molecule has 8 nitrogen and oxygen atoms in total. The van der Waals surface area contributed by atoms with Crippen molar-refractivity contribution in [3.63, 3.8) is 0 Å². The number of fused-ring (bicyclic) bond motifs is 1. The number of amides is 3. The predicted molar refractivity (Wildman–Crippen MR) is 141 cm³/mol. The highest BCUT2D eigenvalue weighted by Gasteiger charge is 2.50. The fourth-order valence-corrected chi connectivity index (χ4v) is 4.22. The molecule has 1 aliphatic rings. The highest BCUT2D eigenvalue weighted by atomic mass is 16.6. The second kappa shape index (κ2) is 11.9. The van der Waals surface area contributed by atoms with Gasteiger partial charge in [0, 0.05) is 13.1 Å². The summed E-state index contributed by atoms with van der Waals surface area (Å²) in [6.45, 7) is 4.69. The Kier molecular flexibility index (Phi) is 8.40. The number of carbonyl (C=O) groups is 3. The number of ether oxygens (including phenoxy) is 1. The molecule has 0 aromatic heterocycles. The van der Waals surface area contributed by atoms with Crippen molar-refractivity contribution < 1.29 is 24.2 Å². The maximum atomic E-state index is 12.9. The van der Waals surface area contributed by atoms with Gasteiger partial charge in [0.25, 0.3) is 11.8 Å². The summed E-state index contributed by atoms with van der Waals surface area (Å²) in [6, 6.07) is 20.1. The monoisotopic (exact) mass is 503 g/mol. The van der Waals surface area contributed by atoms with Crippen molar-refractivity contribution >= 4 is 28.5 Å². The Morgan fingerprint density at radius 1 is 0.865 bits per heavy atom. The first kappa shape index (κ1) is 26.2. The first-order valence-electron chi connectivity index (χ1n) is 12.6. The summed E-state index contributed by atoms with van der Waals surface area (Å²) in [5.74, 6) is -0.738. The average molecular weight is 504 g/mol. The highest BCUT2D eigenvalue weighted by Crippen LogP contribution is 2.23. The molecule has 8 heteroatoms. The van der Waals surface area contributed by atoms with E-state index in [1.165, 1.54) is 0 Å². The molecule has 3 aromatic rings. The summed E-state index contributed by atoms with van der Waals surface area (Å²) in [6.07, 6.45) is -0.716. The van der Waals surface area contributed by atoms with Gasteiger partial charge in [-0.1, -0.05) is 62.4 Å². The molecular weight excluding hydrogens is 470 g/mol. The van der Waals surface area contributed by atoms with E-state index in [1.54, 1.807) is 24.3 Å². The fraction of sp³-hybridized carbons (Fsp3) is 0.345. The number of aromatic hydroxyl groups is 1. The van der Waals surface area contributed by atoms with E-state index in [0.29, 0.717) is 25.9 Å². The Morgan fingerprint density at radius 3 is 2.27 bits per heavy atom. The molecule has 0 aliphatic carbocycles. The van der Waals surface area contributed by atoms with Crippen LogP contribution in [0.25, 0.3) is 10.8 Å². The summed E-state index contributed by atoms with van der Waals surface area (Å²) < 4.78 is 5.33. The topological polar surface area (TPSA) is 120 Å². The number of hydrogen-bond donors (Lipinski definition) is 4. The Labute approximate surface area is 216 Å². The third-order valence-electron chi connectivity index (χ3n) is 6.28. The number of rotatable bonds is 11. The van der Waals surface area contributed by atoms with Crippen LogP contribution in [0.2, 0.25) is 0 Å². The molecule has 0 spiro atoms. The minimum atomic E-state index is -0.906. The molecule has 3 atom stereocenters. The molecule has 3 aromatic carbocycles. The van der Waals surface area contributed by atoms with Gasteiger partial charge in [-0.3, -0.25) is 14.4 Å². The molecule has 1 saturated heterocycles. The standard InChI is InChI=1S/C29H33N3O5/c1-18(2)15-24(27(34)31-17-20-7-10-21-5-3-4-6-22(21)16-20)32-29(36)26-25(37-26)28(35)30-14-13-19-8-11-23(33)12-9-19/h3-12,16,18,24-26,33H,13-15,17H2,1-2H3,(H,30,35)(H,31,34)(H,32,36)/t24-,25-,26?/m0/s1. The summed E-state index contributed by atoms with van der Waals surface area (Å²) in [5, 5.41) is 20.0. The van der Waals surface area contributed by atoms with E-state index in [0.717, 1.165) is 21.9 Å². The van der Waals surface area contributed by atoms with Gasteiger partial charge in [-0.15, -0.1) is 0 Å². The highest BCUT2D eigenvalue weighted by molar-refractivity contribution is 5.97. The Bertz CT molecular complexity index is 1260. The molecular formula is C29H33N3O5. The van der Waals surface area contributed by atoms with Crippen molar-refractivity contribution in [1.82, 2.24) is 16.0 Å². The third-order valence-corrected chi connectivity index (χ3v) is 6.28. The van der Waals surface area contributed by atoms with Crippen LogP contribution in [-0.2, 0) is 32.1 Å². The van der Waals surface area contributed by atoms with Gasteiger partial charge in [0.15, 0.2) is 12.2 Å². The normalized spacial score (nSPS) is 17.3. The predicted octanol–water partition coefficient (Wildman–Crippen LogP) is 2.82. The molecule has 0 radical (unpaired) electrons. The molecule has 4 rings (SSSR count). The van der Waals surface area contributed by atoms with E-state index >= 15 is 0 Å². The maximum absolute atomic E-state index is 12.9. The molecule has 3 amide bonds. The van der Waals surface area contributed by atoms with Crippen molar-refractivity contribution in [2.75, 3.05) is 6.54 Å². The van der Waals surface area contributed by atoms with Gasteiger partial charge in [-0.05, 0) is 58.9 Å². The van der Waals surface area contributed by atoms with Crippen LogP contribution in [0.3, 0.4) is 0 Å². The zero-order chi connectivity index (χ0) is 26.4. The van der Waals surface area contributed by atoms with Crippen LogP contribution in [0.15, 0.2) is 66.7 Å². The van der Waals surface area contributed by atoms with Crippen LogP contribution < -0.4 is 16.0 Å². The zero-order valence-electron chi connectivity index (χ0n) is 21.1. The van der Waals surface area contributed by atoms with Crippen molar-refractivity contribution in [3.05, 3.63) is 77.9 Å². The van der Waals surface area contributed by atoms with Crippen molar-refractivity contribution in [2.45, 2.75) is 51.5 Å². The van der Waals surface area contributed by atoms with Gasteiger partial charge < -0.3 is 25.8 Å². The summed E-state index contributed by atoms with van der Waals surface area (Å²) in [4.78, 5) is 38.1. The van der Waals surface area contributed by atoms with Gasteiger partial charge in [-0.2, -0.15) is 0 Å². The number of carbonyl (C=O) groups excluding carboxylic acids is 3. The molecule has 0 bridgehead atoms. The second-order valence-electron chi connectivity index (χ2n) is 9.77. The Balaban J connectivity index is 1.25. The summed E-state index contributed by atoms with van der Waals surface area (Å²) >= 11 is 0. The van der Waals surface area contributed by atoms with Crippen LogP contribution in [0.4, 0.5) is 0 Å². The first-order chi connectivity index (χ1) is 17.8. The SMILES string of the molecule is CC(C)C[C@H](NC(=O)C1O[C@@H]1C(=O)NCCc1ccc(O)cc1)C(=O)NCc1ccc2ccccc2c1. The summed E-state index contributed by atoms with van der Waals surface area (Å²) in [5.41, 5.74) is 1.94. The van der Waals surface area contributed by atoms with Gasteiger partial charge >= 0.3 is 0 Å². The number of nitrogens with one attached hydrogen (secondary N) is 3. The van der Waals surface area contributed by atoms with Gasteiger partial charge in [-0.25, -0.2) is 0 Å². The lowest BCUT2D eigenvalue weighted by atomic mass is 10.0. The van der Waals surface area contributed by atoms with E-state index in [1.807, 2.05) is 56.3 Å². The minimum Gasteiger partial charge on any atom is -0.508 e. The van der Waals surface area contributed by atoms with Gasteiger partial charge in [0.1, 0.15) is 11.8 Å². The van der Waals surface area contributed by atoms with Crippen LogP contribution >= 0.6 is 0 Å². The fourth-order valence-electron chi connectivity index (χ4n) is 4.22. The van der Waals surface area contributed by atoms with E-state index in [-0.39, 0.29) is 23.5 Å². The molecule has 0 saturated carbocycles. The number of epoxide rings is 1. The van der Waals surface area contributed by atoms with Crippen LogP contribution in [0, 0.1) is 5.92 Å². The Hall–Kier alpha value is -3.91. The molecule has 1 unspecified atom stereocenters. The van der Waals surface area contributed by atoms with Crippen molar-refractivity contribution in [1.29, 1.82) is 0 Å². The molecule has 37 heavy (non-hydrogen) atoms. The van der Waals surface area contributed by atoms with E-state index in [4.69, 9.17) is 4.74 Å². The lowest BCUT2D eigenvalue weighted by Gasteiger charge is -2.20. The number of phenols is 1. The van der Waals surface area contributed by atoms with Crippen molar-refractivity contribution in [3.8, 4) is 5.75 Å². The lowest BCUT2D eigenvalue weighted by Crippen LogP contribution is -2.49. The lowest BCUT2D eigenvalue weighted by molar-refractivity contribution is -0.130. The first-order valence-corrected chi connectivity index (χ1v) is 12.6. The molecule has 1 heterocycles. The molecule has 1 fully saturated rings. The minimum absolute atomic E-state index is 0.177. The van der Waals surface area contributed by atoms with Crippen LogP contribution in [0.5, 0.6) is 5.75 Å². The number of phenolic OH excluding ortho intramolecular Hbond substituents is 1. The van der Waals surface area contributed by atoms with Gasteiger partial charge in [0.2, 0.25) is 5.91 Å². The van der Waals surface area contributed by atoms with Crippen LogP contribution in [-0.4, -0.2) is 47.6 Å². The van der Waals surface area contributed by atoms with Crippen molar-refractivity contribution in [2.24, 2.45) is 5.92 Å². The van der Waals surface area contributed by atoms with E-state index < -0.39 is 24.2 Å². The van der Waals surface area contributed by atoms with Crippen LogP contribution in [0.1, 0.15) is 31.4 Å². The van der Waals surface area contributed by atoms with Gasteiger partial charge in [0.05, 0.1) is 0 Å².